The number of rotatable bonds is 0. The highest BCUT2D eigenvalue weighted by Crippen LogP contribution is 2.26. The maximum atomic E-state index is 8.74. The summed E-state index contributed by atoms with van der Waals surface area (Å²) >= 11 is 7.67. The van der Waals surface area contributed by atoms with E-state index in [-0.39, 0.29) is 0 Å². The smallest absolute Gasteiger partial charge is 0.147 e. The number of fused-ring (bicyclic) bond motifs is 1. The van der Waals surface area contributed by atoms with Crippen molar-refractivity contribution in [1.29, 1.82) is 5.26 Å². The molecule has 0 N–H and O–H groups in total. The lowest BCUT2D eigenvalue weighted by atomic mass is 10.1. The Bertz CT molecular complexity index is 384. The fourth-order valence-corrected chi connectivity index (χ4v) is 2.49. The quantitative estimate of drug-likeness (QED) is 0.617. The number of hydrogen-bond donors (Lipinski definition) is 0. The lowest BCUT2D eigenvalue weighted by Crippen LogP contribution is -2.05. The second kappa shape index (κ2) is 3.57. The van der Waals surface area contributed by atoms with Gasteiger partial charge in [0.25, 0.3) is 0 Å². The van der Waals surface area contributed by atoms with Crippen LogP contribution >= 0.6 is 23.4 Å². The van der Waals surface area contributed by atoms with Gasteiger partial charge in [0.1, 0.15) is 11.2 Å². The van der Waals surface area contributed by atoms with Crippen molar-refractivity contribution in [3.05, 3.63) is 28.0 Å². The van der Waals surface area contributed by atoms with Crippen LogP contribution in [0, 0.1) is 11.3 Å². The van der Waals surface area contributed by atoms with Crippen molar-refractivity contribution in [2.75, 3.05) is 5.75 Å². The maximum absolute atomic E-state index is 8.74. The number of nitriles is 1. The lowest BCUT2D eigenvalue weighted by Gasteiger charge is -2.14. The van der Waals surface area contributed by atoms with Crippen LogP contribution in [-0.4, -0.2) is 10.7 Å². The molecule has 13 heavy (non-hydrogen) atoms. The van der Waals surface area contributed by atoms with Gasteiger partial charge in [-0.15, -0.1) is 0 Å². The fraction of sp³-hybridized carbons (Fsp3) is 0.333. The van der Waals surface area contributed by atoms with Gasteiger partial charge in [0.2, 0.25) is 0 Å². The van der Waals surface area contributed by atoms with Gasteiger partial charge in [0.05, 0.1) is 11.3 Å². The van der Waals surface area contributed by atoms with Gasteiger partial charge in [-0.25, -0.2) is 4.98 Å². The summed E-state index contributed by atoms with van der Waals surface area (Å²) in [6.07, 6.45) is 0.999. The zero-order valence-corrected chi connectivity index (χ0v) is 8.45. The number of halogens is 1. The van der Waals surface area contributed by atoms with Crippen molar-refractivity contribution in [3.63, 3.8) is 0 Å². The van der Waals surface area contributed by atoms with E-state index >= 15 is 0 Å². The molecular formula is C9H7ClN2S. The first kappa shape index (κ1) is 8.86. The summed E-state index contributed by atoms with van der Waals surface area (Å²) in [5.41, 5.74) is 2.72. The second-order valence-electron chi connectivity index (χ2n) is 2.85. The second-order valence-corrected chi connectivity index (χ2v) is 4.31. The molecule has 0 unspecified atom stereocenters. The molecule has 0 aromatic carbocycles. The molecule has 0 spiro atoms. The van der Waals surface area contributed by atoms with Crippen LogP contribution in [-0.2, 0) is 12.2 Å². The molecule has 0 radical (unpaired) electrons. The predicted octanol–water partition coefficient (Wildman–Crippen LogP) is 2.40. The molecule has 1 aliphatic heterocycles. The summed E-state index contributed by atoms with van der Waals surface area (Å²) in [7, 11) is 0. The molecule has 0 aliphatic carbocycles. The molecule has 0 bridgehead atoms. The van der Waals surface area contributed by atoms with Gasteiger partial charge in [-0.3, -0.25) is 0 Å². The van der Waals surface area contributed by atoms with Gasteiger partial charge in [-0.05, 0) is 23.8 Å². The molecular weight excluding hydrogens is 204 g/mol. The number of hydrogen-bond acceptors (Lipinski definition) is 3. The molecule has 0 fully saturated rings. The molecule has 4 heteroatoms. The zero-order valence-electron chi connectivity index (χ0n) is 6.88. The Morgan fingerprint density at radius 1 is 1.62 bits per heavy atom. The molecule has 1 aromatic heterocycles. The number of aromatic nitrogens is 1. The van der Waals surface area contributed by atoms with E-state index in [2.05, 4.69) is 4.98 Å². The van der Waals surface area contributed by atoms with Crippen molar-refractivity contribution in [1.82, 2.24) is 4.98 Å². The Labute approximate surface area is 85.9 Å². The third-order valence-corrected chi connectivity index (χ3v) is 3.28. The third-order valence-electron chi connectivity index (χ3n) is 2.02. The molecule has 0 saturated carbocycles. The van der Waals surface area contributed by atoms with Crippen molar-refractivity contribution in [3.8, 4) is 6.07 Å². The summed E-state index contributed by atoms with van der Waals surface area (Å²) < 4.78 is 0. The highest BCUT2D eigenvalue weighted by atomic mass is 35.5. The molecule has 66 valence electrons. The summed E-state index contributed by atoms with van der Waals surface area (Å²) in [5, 5.41) is 9.08. The summed E-state index contributed by atoms with van der Waals surface area (Å²) in [6.45, 7) is 0. The zero-order chi connectivity index (χ0) is 9.26. The monoisotopic (exact) mass is 210 g/mol. The topological polar surface area (TPSA) is 36.7 Å². The maximum Gasteiger partial charge on any atom is 0.147 e. The van der Waals surface area contributed by atoms with Gasteiger partial charge in [0, 0.05) is 5.75 Å². The molecule has 1 aliphatic rings. The van der Waals surface area contributed by atoms with Crippen LogP contribution in [0.4, 0.5) is 0 Å². The van der Waals surface area contributed by atoms with Gasteiger partial charge in [-0.1, -0.05) is 11.6 Å². The van der Waals surface area contributed by atoms with E-state index in [1.807, 2.05) is 23.9 Å². The van der Waals surface area contributed by atoms with Crippen molar-refractivity contribution in [2.45, 2.75) is 12.2 Å². The van der Waals surface area contributed by atoms with E-state index in [9.17, 15) is 0 Å². The average molecular weight is 211 g/mol. The molecule has 2 nitrogen and oxygen atoms in total. The number of pyridine rings is 1. The van der Waals surface area contributed by atoms with Crippen LogP contribution in [0.2, 0.25) is 5.15 Å². The molecule has 0 atom stereocenters. The fourth-order valence-electron chi connectivity index (χ4n) is 1.34. The Morgan fingerprint density at radius 3 is 3.23 bits per heavy atom. The summed E-state index contributed by atoms with van der Waals surface area (Å²) in [4.78, 5) is 4.21. The number of aryl methyl sites for hydroxylation is 1. The minimum Gasteiger partial charge on any atom is -0.239 e. The first-order valence-corrected chi connectivity index (χ1v) is 5.50. The Kier molecular flexibility index (Phi) is 2.43. The Morgan fingerprint density at radius 2 is 2.46 bits per heavy atom. The van der Waals surface area contributed by atoms with E-state index in [4.69, 9.17) is 16.9 Å². The SMILES string of the molecule is N#Cc1cc2c(nc1Cl)CSCC2. The Balaban J connectivity index is 2.52. The minimum absolute atomic E-state index is 0.337. The number of thioether (sulfide) groups is 1. The van der Waals surface area contributed by atoms with Crippen LogP contribution < -0.4 is 0 Å². The van der Waals surface area contributed by atoms with Gasteiger partial charge in [-0.2, -0.15) is 17.0 Å². The first-order valence-electron chi connectivity index (χ1n) is 3.97. The van der Waals surface area contributed by atoms with Crippen LogP contribution in [0.3, 0.4) is 0 Å². The largest absolute Gasteiger partial charge is 0.239 e. The normalized spacial score (nSPS) is 14.8. The highest BCUT2D eigenvalue weighted by molar-refractivity contribution is 7.98. The predicted molar refractivity (Wildman–Crippen MR) is 53.8 cm³/mol. The standard InChI is InChI=1S/C9H7ClN2S/c10-9-7(4-11)3-6-1-2-13-5-8(6)12-9/h3H,1-2,5H2. The molecule has 1 aromatic rings. The van der Waals surface area contributed by atoms with Crippen LogP contribution in [0.5, 0.6) is 0 Å². The van der Waals surface area contributed by atoms with E-state index < -0.39 is 0 Å². The van der Waals surface area contributed by atoms with Crippen LogP contribution in [0.15, 0.2) is 6.07 Å². The summed E-state index contributed by atoms with van der Waals surface area (Å²) in [6, 6.07) is 3.91. The average Bonchev–Trinajstić information content (AvgIpc) is 2.17. The molecule has 0 saturated heterocycles. The van der Waals surface area contributed by atoms with E-state index in [1.165, 1.54) is 5.56 Å². The first-order chi connectivity index (χ1) is 6.31. The van der Waals surface area contributed by atoms with Crippen molar-refractivity contribution < 1.29 is 0 Å². The lowest BCUT2D eigenvalue weighted by molar-refractivity contribution is 1.01. The van der Waals surface area contributed by atoms with E-state index in [0.29, 0.717) is 10.7 Å². The van der Waals surface area contributed by atoms with E-state index in [0.717, 1.165) is 23.6 Å². The molecule has 2 heterocycles. The van der Waals surface area contributed by atoms with Crippen molar-refractivity contribution in [2.24, 2.45) is 0 Å². The highest BCUT2D eigenvalue weighted by Gasteiger charge is 2.13. The van der Waals surface area contributed by atoms with Crippen LogP contribution in [0.25, 0.3) is 0 Å². The van der Waals surface area contributed by atoms with Gasteiger partial charge >= 0.3 is 0 Å². The number of nitrogens with zero attached hydrogens (tertiary/aromatic N) is 2. The van der Waals surface area contributed by atoms with Gasteiger partial charge < -0.3 is 0 Å². The summed E-state index contributed by atoms with van der Waals surface area (Å²) in [5.74, 6) is 2.03. The third kappa shape index (κ3) is 1.65. The van der Waals surface area contributed by atoms with Crippen molar-refractivity contribution >= 4 is 23.4 Å². The Hall–Kier alpha value is -0.720. The van der Waals surface area contributed by atoms with Gasteiger partial charge in [0.15, 0.2) is 0 Å². The van der Waals surface area contributed by atoms with E-state index in [1.54, 1.807) is 0 Å². The molecule has 2 rings (SSSR count). The molecule has 0 amide bonds. The minimum atomic E-state index is 0.337. The van der Waals surface area contributed by atoms with Crippen LogP contribution in [0.1, 0.15) is 16.8 Å².